The van der Waals surface area contributed by atoms with Crippen LogP contribution in [0.15, 0.2) is 6.20 Å². The maximum absolute atomic E-state index is 6.46. The Kier molecular flexibility index (Phi) is 5.33. The molecule has 120 valence electrons. The van der Waals surface area contributed by atoms with Crippen molar-refractivity contribution in [2.75, 3.05) is 27.2 Å². The highest BCUT2D eigenvalue weighted by Gasteiger charge is 2.51. The van der Waals surface area contributed by atoms with Crippen LogP contribution in [-0.4, -0.2) is 41.9 Å². The number of aromatic nitrogens is 2. The number of halogens is 1. The third-order valence-corrected chi connectivity index (χ3v) is 4.78. The molecule has 1 fully saturated rings. The summed E-state index contributed by atoms with van der Waals surface area (Å²) in [7, 11) is 4.17. The van der Waals surface area contributed by atoms with Crippen LogP contribution in [0.5, 0.6) is 0 Å². The van der Waals surface area contributed by atoms with Gasteiger partial charge >= 0.3 is 0 Å². The topological polar surface area (TPSA) is 33.1 Å². The molecule has 0 radical (unpaired) electrons. The number of rotatable bonds is 8. The fourth-order valence-electron chi connectivity index (χ4n) is 2.96. The Balaban J connectivity index is 2.20. The Morgan fingerprint density at radius 2 is 2.19 bits per heavy atom. The molecule has 1 heterocycles. The Morgan fingerprint density at radius 1 is 1.52 bits per heavy atom. The molecule has 0 aliphatic heterocycles. The lowest BCUT2D eigenvalue weighted by atomic mass is 10.0. The first-order valence-corrected chi connectivity index (χ1v) is 8.34. The fourth-order valence-corrected chi connectivity index (χ4v) is 3.22. The highest BCUT2D eigenvalue weighted by molar-refractivity contribution is 6.31. The van der Waals surface area contributed by atoms with E-state index in [1.54, 1.807) is 6.20 Å². The molecule has 0 spiro atoms. The Hall–Kier alpha value is -0.580. The lowest BCUT2D eigenvalue weighted by Crippen LogP contribution is -2.29. The molecular formula is C16H29ClN4. The van der Waals surface area contributed by atoms with Gasteiger partial charge in [-0.2, -0.15) is 5.10 Å². The second-order valence-corrected chi connectivity index (χ2v) is 7.54. The van der Waals surface area contributed by atoms with Gasteiger partial charge in [-0.15, -0.1) is 0 Å². The molecule has 21 heavy (non-hydrogen) atoms. The molecule has 2 atom stereocenters. The van der Waals surface area contributed by atoms with Gasteiger partial charge in [0, 0.05) is 6.54 Å². The highest BCUT2D eigenvalue weighted by atomic mass is 35.5. The fraction of sp³-hybridized carbons (Fsp3) is 0.812. The average molecular weight is 313 g/mol. The number of hydrogen-bond acceptors (Lipinski definition) is 3. The van der Waals surface area contributed by atoms with Crippen LogP contribution in [0.4, 0.5) is 0 Å². The molecule has 0 aromatic carbocycles. The smallest absolute Gasteiger partial charge is 0.0834 e. The van der Waals surface area contributed by atoms with Gasteiger partial charge in [0.05, 0.1) is 29.5 Å². The van der Waals surface area contributed by atoms with Gasteiger partial charge in [0.2, 0.25) is 0 Å². The molecule has 1 aliphatic carbocycles. The number of nitrogens with zero attached hydrogens (tertiary/aromatic N) is 3. The van der Waals surface area contributed by atoms with E-state index in [2.05, 4.69) is 54.9 Å². The molecule has 1 aromatic rings. The first-order valence-electron chi connectivity index (χ1n) is 7.96. The molecule has 2 unspecified atom stereocenters. The summed E-state index contributed by atoms with van der Waals surface area (Å²) < 4.78 is 2.09. The van der Waals surface area contributed by atoms with Crippen molar-refractivity contribution in [1.82, 2.24) is 20.0 Å². The second kappa shape index (κ2) is 6.67. The molecule has 0 bridgehead atoms. The monoisotopic (exact) mass is 312 g/mol. The first-order chi connectivity index (χ1) is 9.86. The van der Waals surface area contributed by atoms with Gasteiger partial charge < -0.3 is 10.2 Å². The van der Waals surface area contributed by atoms with E-state index < -0.39 is 0 Å². The van der Waals surface area contributed by atoms with Gasteiger partial charge in [-0.05, 0) is 44.8 Å². The van der Waals surface area contributed by atoms with Gasteiger partial charge in [-0.3, -0.25) is 4.68 Å². The summed E-state index contributed by atoms with van der Waals surface area (Å²) in [5.74, 6) is 0.649. The van der Waals surface area contributed by atoms with Crippen LogP contribution in [0, 0.1) is 11.3 Å². The third-order valence-electron chi connectivity index (χ3n) is 4.49. The number of likely N-dealkylation sites (N-methyl/N-ethyl adjacent to an activating group) is 1. The largest absolute Gasteiger partial charge is 0.308 e. The molecule has 2 rings (SSSR count). The Bertz CT molecular complexity index is 467. The zero-order valence-corrected chi connectivity index (χ0v) is 14.7. The molecule has 5 heteroatoms. The second-order valence-electron chi connectivity index (χ2n) is 7.14. The predicted molar refractivity (Wildman–Crippen MR) is 88.7 cm³/mol. The first kappa shape index (κ1) is 16.8. The summed E-state index contributed by atoms with van der Waals surface area (Å²) >= 11 is 6.46. The van der Waals surface area contributed by atoms with Crippen LogP contribution in [0.2, 0.25) is 5.02 Å². The van der Waals surface area contributed by atoms with Gasteiger partial charge in [0.15, 0.2) is 0 Å². The zero-order chi connectivity index (χ0) is 15.6. The van der Waals surface area contributed by atoms with E-state index in [4.69, 9.17) is 11.6 Å². The Labute approximate surface area is 133 Å². The number of nitrogens with one attached hydrogen (secondary N) is 1. The van der Waals surface area contributed by atoms with Crippen LogP contribution in [0.1, 0.15) is 45.3 Å². The van der Waals surface area contributed by atoms with E-state index in [1.165, 1.54) is 12.1 Å². The standard InChI is InChI=1S/C16H29ClN4/c1-6-7-18-14(12-10-16(12,2)3)15-13(17)11-19-21(15)9-8-20(4)5/h11-12,14,18H,6-10H2,1-5H3. The van der Waals surface area contributed by atoms with Crippen molar-refractivity contribution in [1.29, 1.82) is 0 Å². The van der Waals surface area contributed by atoms with Crippen molar-refractivity contribution >= 4 is 11.6 Å². The zero-order valence-electron chi connectivity index (χ0n) is 14.0. The van der Waals surface area contributed by atoms with Crippen molar-refractivity contribution in [3.8, 4) is 0 Å². The van der Waals surface area contributed by atoms with E-state index in [1.807, 2.05) is 0 Å². The van der Waals surface area contributed by atoms with Crippen LogP contribution in [0.25, 0.3) is 0 Å². The van der Waals surface area contributed by atoms with Crippen LogP contribution >= 0.6 is 11.6 Å². The minimum atomic E-state index is 0.317. The SMILES string of the molecule is CCCNC(c1c(Cl)cnn1CCN(C)C)C1CC1(C)C. The summed E-state index contributed by atoms with van der Waals surface area (Å²) in [6.45, 7) is 9.75. The van der Waals surface area contributed by atoms with Crippen LogP contribution < -0.4 is 5.32 Å². The molecule has 0 amide bonds. The van der Waals surface area contributed by atoms with E-state index in [-0.39, 0.29) is 0 Å². The molecular weight excluding hydrogens is 284 g/mol. The van der Waals surface area contributed by atoms with Crippen molar-refractivity contribution in [3.63, 3.8) is 0 Å². The van der Waals surface area contributed by atoms with Crippen molar-refractivity contribution in [2.45, 2.75) is 46.2 Å². The lowest BCUT2D eigenvalue weighted by molar-refractivity contribution is 0.348. The summed E-state index contributed by atoms with van der Waals surface area (Å²) in [5.41, 5.74) is 1.58. The quantitative estimate of drug-likeness (QED) is 0.800. The van der Waals surface area contributed by atoms with Gasteiger partial charge in [-0.1, -0.05) is 32.4 Å². The Morgan fingerprint density at radius 3 is 2.71 bits per heavy atom. The summed E-state index contributed by atoms with van der Waals surface area (Å²) in [6.07, 6.45) is 4.18. The molecule has 1 N–H and O–H groups in total. The molecule has 0 saturated heterocycles. The van der Waals surface area contributed by atoms with Crippen molar-refractivity contribution in [3.05, 3.63) is 16.9 Å². The minimum absolute atomic E-state index is 0.317. The molecule has 1 aromatic heterocycles. The van der Waals surface area contributed by atoms with Crippen molar-refractivity contribution in [2.24, 2.45) is 11.3 Å². The average Bonchev–Trinajstić information content (AvgIpc) is 2.87. The van der Waals surface area contributed by atoms with Gasteiger partial charge in [0.1, 0.15) is 0 Å². The summed E-state index contributed by atoms with van der Waals surface area (Å²) in [5, 5.41) is 8.99. The van der Waals surface area contributed by atoms with E-state index >= 15 is 0 Å². The third kappa shape index (κ3) is 3.99. The summed E-state index contributed by atoms with van der Waals surface area (Å²) in [6, 6.07) is 0.317. The molecule has 1 aliphatic rings. The predicted octanol–water partition coefficient (Wildman–Crippen LogP) is 3.18. The van der Waals surface area contributed by atoms with Crippen LogP contribution in [0.3, 0.4) is 0 Å². The summed E-state index contributed by atoms with van der Waals surface area (Å²) in [4.78, 5) is 2.18. The minimum Gasteiger partial charge on any atom is -0.308 e. The number of hydrogen-bond donors (Lipinski definition) is 1. The van der Waals surface area contributed by atoms with Crippen LogP contribution in [-0.2, 0) is 6.54 Å². The van der Waals surface area contributed by atoms with Gasteiger partial charge in [-0.25, -0.2) is 0 Å². The molecule has 1 saturated carbocycles. The van der Waals surface area contributed by atoms with E-state index in [0.717, 1.165) is 31.1 Å². The van der Waals surface area contributed by atoms with Crippen molar-refractivity contribution < 1.29 is 0 Å². The maximum Gasteiger partial charge on any atom is 0.0834 e. The van der Waals surface area contributed by atoms with E-state index in [0.29, 0.717) is 17.4 Å². The molecule has 4 nitrogen and oxygen atoms in total. The van der Waals surface area contributed by atoms with Gasteiger partial charge in [0.25, 0.3) is 0 Å². The lowest BCUT2D eigenvalue weighted by Gasteiger charge is -2.23. The van der Waals surface area contributed by atoms with E-state index in [9.17, 15) is 0 Å². The maximum atomic E-state index is 6.46. The normalized spacial score (nSPS) is 21.8. The highest BCUT2D eigenvalue weighted by Crippen LogP contribution is 2.58.